The third kappa shape index (κ3) is 31.6. The molecular weight excluding hydrogens is 1660 g/mol. The maximum atomic E-state index is 5.91. The first-order valence-electron chi connectivity index (χ1n) is 56.5. The Balaban J connectivity index is 0.000000132. The predicted octanol–water partition coefficient (Wildman–Crippen LogP) is 23.0. The van der Waals surface area contributed by atoms with Crippen molar-refractivity contribution in [3.63, 3.8) is 0 Å². The molecule has 0 aromatic carbocycles. The van der Waals surface area contributed by atoms with Crippen LogP contribution in [0, 0.1) is 88.3 Å². The summed E-state index contributed by atoms with van der Waals surface area (Å²) in [5, 5.41) is 0. The second-order valence-corrected chi connectivity index (χ2v) is 52.0. The molecule has 15 saturated heterocycles. The van der Waals surface area contributed by atoms with Gasteiger partial charge < -0.3 is 71.2 Å². The molecule has 0 amide bonds. The quantitative estimate of drug-likeness (QED) is 0.238. The molecule has 22 rings (SSSR count). The van der Waals surface area contributed by atoms with Crippen LogP contribution < -0.4 is 0 Å². The van der Waals surface area contributed by atoms with Crippen molar-refractivity contribution in [3.05, 3.63) is 0 Å². The van der Waals surface area contributed by atoms with Crippen molar-refractivity contribution in [2.45, 2.75) is 458 Å². The van der Waals surface area contributed by atoms with Crippen LogP contribution in [0.3, 0.4) is 0 Å². The fourth-order valence-corrected chi connectivity index (χ4v) is 27.1. The highest BCUT2D eigenvalue weighted by molar-refractivity contribution is 5.07. The molecule has 0 aromatic heterocycles. The maximum absolute atomic E-state index is 5.91. The molecule has 15 aliphatic heterocycles. The summed E-state index contributed by atoms with van der Waals surface area (Å²) in [5.41, 5.74) is 2.70. The van der Waals surface area contributed by atoms with Crippen molar-refractivity contribution in [2.75, 3.05) is 184 Å². The Kier molecular flexibility index (Phi) is 41.2. The normalized spacial score (nSPS) is 35.0. The summed E-state index contributed by atoms with van der Waals surface area (Å²) < 4.78 is 79.7. The largest absolute Gasteiger partial charge is 0.381 e. The third-order valence-corrected chi connectivity index (χ3v) is 37.5. The molecule has 133 heavy (non-hydrogen) atoms. The van der Waals surface area contributed by atoms with E-state index < -0.39 is 0 Å². The highest BCUT2D eigenvalue weighted by Gasteiger charge is 2.59. The molecule has 22 aliphatic rings. The van der Waals surface area contributed by atoms with Gasteiger partial charge in [-0.3, -0.25) is 19.6 Å². The molecule has 9 spiro atoms. The first-order valence-corrected chi connectivity index (χ1v) is 56.5. The molecule has 4 unspecified atom stereocenters. The Bertz CT molecular complexity index is 2920. The standard InChI is InChI=1S/3C12H22O.2C11H21NO2.C11H21NO.C11H20O2.C10H19NO2.C9H16O.C8H15NO.C7H12/c3*1-10(2)11-4-7-12(8-5-11)6-3-9-13-12;2*1-10(2,3)12-5-7-14-11(8-12)4-6-13-9-11;1-10(2)12-7-5-11(6-8-12)4-3-9-13-11;1-9(2)10-3-5-11(6-4-10)12-7-8-13-11;1-9(2)11-4-6-13-10(7-11)3-5-12-8-10;1-9(2,3)8-6-4-10-5-7(6)8;1-7(2)9-5-8(6-9)3-4-10-8;1-5-6-3-2-4-7(5)6/h3*10-11H,3-9H2,1-2H3;2*4-9H2,1-3H3;10H,3-9H2,1-2H3;9-10H,3-8H2,1-2H3;9H,3-8H2,1-2H3;6-8H,4-5H2,1-3H3;7H,3-6H2,1-2H3;5-7H,2-4H2,1H3/t;;;11-;;;;10-;;;5?,6-,7+/m...1...0.../s1. The van der Waals surface area contributed by atoms with Crippen molar-refractivity contribution >= 4 is 0 Å². The molecule has 22 fully saturated rings. The third-order valence-electron chi connectivity index (χ3n) is 37.5. The number of rotatable bonds is 7. The SMILES string of the molecule is CC(C)(C)C1C2COCC21.CC(C)(C)N1CCOC2(CCOC2)C1.CC(C)(C)N1CCO[C@]2(CCOC2)C1.CC(C)C1CCC2(CC1)OCCO2.CC(C)C1CCC2(CCCO2)CC1.CC(C)C1CCC2(CCCO2)CC1.CC(C)C1CCC2(CCCO2)CC1.CC(C)N1CC2(CCO2)C1.CC(C)N1CCC2(CCCO2)CC1.CC(C)N1CCO[C@@]2(CCOC2)C1.CC1[C@H]2CCC[C@@H]12. The van der Waals surface area contributed by atoms with E-state index in [9.17, 15) is 0 Å². The molecule has 776 valence electrons. The van der Waals surface area contributed by atoms with Gasteiger partial charge in [0.25, 0.3) is 0 Å². The van der Waals surface area contributed by atoms with Crippen LogP contribution in [-0.4, -0.2) is 289 Å². The highest BCUT2D eigenvalue weighted by atomic mass is 16.7. The lowest BCUT2D eigenvalue weighted by atomic mass is 9.74. The average Bonchev–Trinajstić information content (AvgIpc) is 1.52. The van der Waals surface area contributed by atoms with Gasteiger partial charge in [0.15, 0.2) is 5.79 Å². The van der Waals surface area contributed by atoms with Crippen LogP contribution in [-0.2, 0) is 66.3 Å². The first kappa shape index (κ1) is 111. The van der Waals surface area contributed by atoms with Gasteiger partial charge in [-0.15, -0.1) is 0 Å². The number of fused-ring (bicyclic) bond motifs is 2. The van der Waals surface area contributed by atoms with Crippen LogP contribution in [0.2, 0.25) is 0 Å². The van der Waals surface area contributed by atoms with Gasteiger partial charge in [0.05, 0.1) is 101 Å². The van der Waals surface area contributed by atoms with E-state index in [1.807, 2.05) is 0 Å². The molecular formula is C114H211N5O14. The fraction of sp³-hybridized carbons (Fsp3) is 1.00. The minimum atomic E-state index is -0.161. The lowest BCUT2D eigenvalue weighted by Crippen LogP contribution is -2.69. The Morgan fingerprint density at radius 3 is 0.835 bits per heavy atom. The van der Waals surface area contributed by atoms with Gasteiger partial charge in [-0.2, -0.15) is 0 Å². The number of hydrogen-bond donors (Lipinski definition) is 0. The van der Waals surface area contributed by atoms with Crippen LogP contribution in [0.15, 0.2) is 0 Å². The Morgan fingerprint density at radius 2 is 0.564 bits per heavy atom. The fourth-order valence-electron chi connectivity index (χ4n) is 27.1. The van der Waals surface area contributed by atoms with Gasteiger partial charge in [-0.25, -0.2) is 0 Å². The number of likely N-dealkylation sites (tertiary alicyclic amines) is 2. The van der Waals surface area contributed by atoms with Crippen molar-refractivity contribution in [1.29, 1.82) is 0 Å². The second-order valence-electron chi connectivity index (χ2n) is 52.0. The lowest BCUT2D eigenvalue weighted by Gasteiger charge is -2.56. The molecule has 0 bridgehead atoms. The molecule has 7 saturated carbocycles. The highest BCUT2D eigenvalue weighted by Crippen LogP contribution is 2.60. The molecule has 19 heteroatoms. The Labute approximate surface area is 816 Å². The van der Waals surface area contributed by atoms with E-state index in [4.69, 9.17) is 66.3 Å². The second kappa shape index (κ2) is 49.4. The van der Waals surface area contributed by atoms with E-state index in [1.165, 1.54) is 205 Å². The number of piperidine rings is 1. The molecule has 15 heterocycles. The van der Waals surface area contributed by atoms with E-state index in [0.29, 0.717) is 51.5 Å². The molecule has 7 aliphatic carbocycles. The van der Waals surface area contributed by atoms with E-state index in [2.05, 4.69) is 191 Å². The van der Waals surface area contributed by atoms with Crippen LogP contribution >= 0.6 is 0 Å². The summed E-state index contributed by atoms with van der Waals surface area (Å²) in [7, 11) is 0. The summed E-state index contributed by atoms with van der Waals surface area (Å²) >= 11 is 0. The van der Waals surface area contributed by atoms with Crippen molar-refractivity contribution in [3.8, 4) is 0 Å². The number of nitrogens with zero attached hydrogens (tertiary/aromatic N) is 5. The Morgan fingerprint density at radius 1 is 0.248 bits per heavy atom. The minimum absolute atomic E-state index is 0.00549. The van der Waals surface area contributed by atoms with Gasteiger partial charge in [0.2, 0.25) is 0 Å². The molecule has 8 atom stereocenters. The Hall–Kier alpha value is -0.760. The number of morpholine rings is 3. The predicted molar refractivity (Wildman–Crippen MR) is 542 cm³/mol. The summed E-state index contributed by atoms with van der Waals surface area (Å²) in [5.74, 6) is 13.3. The van der Waals surface area contributed by atoms with Crippen molar-refractivity contribution < 1.29 is 66.3 Å². The van der Waals surface area contributed by atoms with Crippen molar-refractivity contribution in [2.24, 2.45) is 88.3 Å². The van der Waals surface area contributed by atoms with Gasteiger partial charge >= 0.3 is 0 Å². The molecule has 0 N–H and O–H groups in total. The van der Waals surface area contributed by atoms with Gasteiger partial charge in [0.1, 0.15) is 16.8 Å². The van der Waals surface area contributed by atoms with Gasteiger partial charge in [0, 0.05) is 179 Å². The summed E-state index contributed by atoms with van der Waals surface area (Å²) in [6, 6.07) is 2.04. The summed E-state index contributed by atoms with van der Waals surface area (Å²) in [6.07, 6.45) is 43.2. The minimum Gasteiger partial charge on any atom is -0.381 e. The van der Waals surface area contributed by atoms with Crippen molar-refractivity contribution in [1.82, 2.24) is 24.5 Å². The zero-order valence-corrected chi connectivity index (χ0v) is 90.9. The number of hydrogen-bond acceptors (Lipinski definition) is 19. The molecule has 19 nitrogen and oxygen atoms in total. The van der Waals surface area contributed by atoms with E-state index in [1.54, 1.807) is 12.8 Å². The smallest absolute Gasteiger partial charge is 0.168 e. The number of ether oxygens (including phenoxy) is 14. The maximum Gasteiger partial charge on any atom is 0.168 e. The first-order chi connectivity index (χ1) is 63.1. The summed E-state index contributed by atoms with van der Waals surface area (Å²) in [6.45, 7) is 82.6. The topological polar surface area (TPSA) is 145 Å². The monoisotopic (exact) mass is 1870 g/mol. The van der Waals surface area contributed by atoms with Gasteiger partial charge in [-0.05, 0) is 338 Å². The average molecular weight is 1880 g/mol. The zero-order valence-electron chi connectivity index (χ0n) is 90.9. The van der Waals surface area contributed by atoms with Crippen LogP contribution in [0.5, 0.6) is 0 Å². The van der Waals surface area contributed by atoms with E-state index in [0.717, 1.165) is 261 Å². The zero-order chi connectivity index (χ0) is 95.7. The molecule has 0 radical (unpaired) electrons. The van der Waals surface area contributed by atoms with Gasteiger partial charge in [-0.1, -0.05) is 89.5 Å². The van der Waals surface area contributed by atoms with E-state index in [-0.39, 0.29) is 33.7 Å². The van der Waals surface area contributed by atoms with Crippen LogP contribution in [0.4, 0.5) is 0 Å². The van der Waals surface area contributed by atoms with Crippen LogP contribution in [0.1, 0.15) is 378 Å². The molecule has 0 aromatic rings. The summed E-state index contributed by atoms with van der Waals surface area (Å²) in [4.78, 5) is 12.5. The van der Waals surface area contributed by atoms with E-state index >= 15 is 0 Å². The van der Waals surface area contributed by atoms with Crippen LogP contribution in [0.25, 0.3) is 0 Å². The lowest BCUT2D eigenvalue weighted by molar-refractivity contribution is -0.227.